The molecule has 3 aromatic heterocycles. The predicted octanol–water partition coefficient (Wildman–Crippen LogP) is 2.09. The molecule has 0 saturated heterocycles. The van der Waals surface area contributed by atoms with Crippen molar-refractivity contribution in [3.05, 3.63) is 77.6 Å². The van der Waals surface area contributed by atoms with Crippen LogP contribution in [0, 0.1) is 0 Å². The summed E-state index contributed by atoms with van der Waals surface area (Å²) in [6.45, 7) is 0. The van der Waals surface area contributed by atoms with Crippen molar-refractivity contribution in [2.45, 2.75) is 0 Å². The third-order valence-corrected chi connectivity index (χ3v) is 6.81. The second-order valence-corrected chi connectivity index (χ2v) is 7.68. The Morgan fingerprint density at radius 3 is 1.38 bits per heavy atom. The Bertz CT molecular complexity index is 1380. The lowest BCUT2D eigenvalue weighted by molar-refractivity contribution is 1.40. The van der Waals surface area contributed by atoms with Crippen LogP contribution in [0.3, 0.4) is 0 Å². The van der Waals surface area contributed by atoms with Gasteiger partial charge in [0, 0.05) is 12.4 Å². The molecule has 0 fully saturated rings. The number of aromatic nitrogens is 2. The van der Waals surface area contributed by atoms with Gasteiger partial charge >= 0.3 is 0 Å². The van der Waals surface area contributed by atoms with E-state index in [-0.39, 0.29) is 51.5 Å². The molecule has 0 unspecified atom stereocenters. The fraction of sp³-hybridized carbons (Fsp3) is 0. The van der Waals surface area contributed by atoms with Gasteiger partial charge in [0.1, 0.15) is 11.0 Å². The van der Waals surface area contributed by atoms with Gasteiger partial charge in [0.05, 0.1) is 29.6 Å². The predicted molar refractivity (Wildman–Crippen MR) is 104 cm³/mol. The average Bonchev–Trinajstić information content (AvgIpc) is 2.69. The van der Waals surface area contributed by atoms with Crippen molar-refractivity contribution in [3.8, 4) is 0 Å². The first-order valence-electron chi connectivity index (χ1n) is 7.51. The third-order valence-electron chi connectivity index (χ3n) is 4.18. The summed E-state index contributed by atoms with van der Waals surface area (Å²) >= 11 is 1.76. The highest BCUT2D eigenvalue weighted by molar-refractivity contribution is 7.36. The van der Waals surface area contributed by atoms with E-state index in [1.165, 1.54) is 24.5 Å². The van der Waals surface area contributed by atoms with Crippen molar-refractivity contribution in [1.82, 2.24) is 9.97 Å². The van der Waals surface area contributed by atoms with Crippen molar-refractivity contribution < 1.29 is 0 Å². The maximum absolute atomic E-state index is 12.8. The zero-order valence-corrected chi connectivity index (χ0v) is 14.4. The number of hydrogen-bond acceptors (Lipinski definition) is 8. The molecule has 0 spiro atoms. The molecule has 5 aromatic rings. The van der Waals surface area contributed by atoms with Crippen LogP contribution < -0.4 is 21.7 Å². The van der Waals surface area contributed by atoms with Crippen LogP contribution in [0.15, 0.2) is 55.8 Å². The van der Waals surface area contributed by atoms with Gasteiger partial charge in [-0.05, 0) is 24.3 Å². The molecule has 0 radical (unpaired) electrons. The number of pyridine rings is 2. The molecule has 0 aliphatic carbocycles. The highest BCUT2D eigenvalue weighted by Crippen LogP contribution is 2.28. The van der Waals surface area contributed by atoms with Gasteiger partial charge in [-0.3, -0.25) is 29.1 Å². The minimum atomic E-state index is -0.411. The number of fused-ring (bicyclic) bond motifs is 4. The van der Waals surface area contributed by atoms with E-state index < -0.39 is 10.9 Å². The van der Waals surface area contributed by atoms with E-state index >= 15 is 0 Å². The maximum Gasteiger partial charge on any atom is 0.223 e. The summed E-state index contributed by atoms with van der Waals surface area (Å²) in [4.78, 5) is 59.1. The van der Waals surface area contributed by atoms with Gasteiger partial charge in [-0.25, -0.2) is 0 Å². The quantitative estimate of drug-likeness (QED) is 0.383. The van der Waals surface area contributed by atoms with Crippen LogP contribution in [0.4, 0.5) is 0 Å². The van der Waals surface area contributed by atoms with E-state index in [9.17, 15) is 19.2 Å². The summed E-state index contributed by atoms with van der Waals surface area (Å²) in [5.74, 6) is 0. The number of hydrogen-bond donors (Lipinski definition) is 0. The molecule has 5 rings (SSSR count). The summed E-state index contributed by atoms with van der Waals surface area (Å²) in [5.41, 5.74) is -1.39. The smallest absolute Gasteiger partial charge is 0.223 e. The first kappa shape index (κ1) is 15.2. The lowest BCUT2D eigenvalue weighted by Crippen LogP contribution is -2.16. The lowest BCUT2D eigenvalue weighted by Gasteiger charge is -2.02. The van der Waals surface area contributed by atoms with Crippen LogP contribution in [0.5, 0.6) is 0 Å². The molecule has 8 heteroatoms. The van der Waals surface area contributed by atoms with Crippen molar-refractivity contribution in [1.29, 1.82) is 0 Å². The second-order valence-electron chi connectivity index (χ2n) is 5.64. The molecule has 0 aliphatic rings. The van der Waals surface area contributed by atoms with Crippen molar-refractivity contribution in [3.63, 3.8) is 0 Å². The van der Waals surface area contributed by atoms with Gasteiger partial charge in [-0.1, -0.05) is 0 Å². The average molecular weight is 378 g/mol. The van der Waals surface area contributed by atoms with Gasteiger partial charge in [-0.15, -0.1) is 22.7 Å². The van der Waals surface area contributed by atoms with Crippen LogP contribution >= 0.6 is 22.7 Å². The Kier molecular flexibility index (Phi) is 3.03. The lowest BCUT2D eigenvalue weighted by atomic mass is 10.2. The molecule has 26 heavy (non-hydrogen) atoms. The van der Waals surface area contributed by atoms with E-state index in [1.54, 1.807) is 12.1 Å². The van der Waals surface area contributed by atoms with E-state index in [1.807, 2.05) is 0 Å². The Balaban J connectivity index is 2.16. The topological polar surface area (TPSA) is 94.1 Å². The molecule has 6 nitrogen and oxygen atoms in total. The van der Waals surface area contributed by atoms with Gasteiger partial charge in [-0.2, -0.15) is 0 Å². The summed E-state index contributed by atoms with van der Waals surface area (Å²) in [5, 5.41) is 0.426. The van der Waals surface area contributed by atoms with E-state index in [4.69, 9.17) is 0 Å². The molecular weight excluding hydrogens is 372 g/mol. The summed E-state index contributed by atoms with van der Waals surface area (Å²) in [6.07, 6.45) is 2.88. The minimum absolute atomic E-state index is 0.0708. The van der Waals surface area contributed by atoms with Crippen molar-refractivity contribution in [2.24, 2.45) is 0 Å². The van der Waals surface area contributed by atoms with Gasteiger partial charge in [0.2, 0.25) is 21.7 Å². The van der Waals surface area contributed by atoms with Gasteiger partial charge in [0.25, 0.3) is 0 Å². The molecule has 124 valence electrons. The largest absolute Gasteiger partial charge is 0.288 e. The number of nitrogens with zero attached hydrogens (tertiary/aromatic N) is 2. The fourth-order valence-electron chi connectivity index (χ4n) is 2.99. The van der Waals surface area contributed by atoms with Crippen LogP contribution in [0.1, 0.15) is 0 Å². The van der Waals surface area contributed by atoms with Gasteiger partial charge in [0.15, 0.2) is 0 Å². The molecule has 0 bridgehead atoms. The number of benzene rings is 2. The van der Waals surface area contributed by atoms with E-state index in [0.717, 1.165) is 22.7 Å². The fourth-order valence-corrected chi connectivity index (χ4v) is 5.42. The van der Waals surface area contributed by atoms with Crippen LogP contribution in [-0.2, 0) is 0 Å². The molecule has 2 aromatic carbocycles. The SMILES string of the molecule is O=c1c2cccnc2c(=O)c2sc3c(=O)c4ncccc4c(=O)c3sc12. The Hall–Kier alpha value is -3.10. The first-order chi connectivity index (χ1) is 12.6. The zero-order chi connectivity index (χ0) is 18.0. The molecule has 0 N–H and O–H groups in total. The first-order valence-corrected chi connectivity index (χ1v) is 9.14. The molecule has 0 amide bonds. The summed E-state index contributed by atoms with van der Waals surface area (Å²) in [6, 6.07) is 6.24. The van der Waals surface area contributed by atoms with Crippen LogP contribution in [0.25, 0.3) is 40.6 Å². The highest BCUT2D eigenvalue weighted by Gasteiger charge is 2.18. The van der Waals surface area contributed by atoms with Crippen LogP contribution in [-0.4, -0.2) is 9.97 Å². The second kappa shape index (κ2) is 5.20. The Labute approximate surface area is 151 Å². The normalized spacial score (nSPS) is 11.7. The standard InChI is InChI=1S/C18H6N2O4S2/c21-11-7-3-1-5-19-9(7)13(23)17-15(11)25-16-12(22)8-4-2-6-20-10(8)14(24)18(16)26-17/h1-6H. The molecule has 0 aliphatic heterocycles. The Morgan fingerprint density at radius 1 is 0.577 bits per heavy atom. The summed E-state index contributed by atoms with van der Waals surface area (Å²) in [7, 11) is 0. The van der Waals surface area contributed by atoms with Crippen molar-refractivity contribution in [2.75, 3.05) is 0 Å². The molecular formula is C18H6N2O4S2. The Morgan fingerprint density at radius 2 is 0.962 bits per heavy atom. The van der Waals surface area contributed by atoms with Crippen LogP contribution in [0.2, 0.25) is 0 Å². The summed E-state index contributed by atoms with van der Waals surface area (Å²) < 4.78 is 0.636. The minimum Gasteiger partial charge on any atom is -0.288 e. The molecule has 3 heterocycles. The monoisotopic (exact) mass is 378 g/mol. The van der Waals surface area contributed by atoms with E-state index in [2.05, 4.69) is 9.97 Å². The zero-order valence-electron chi connectivity index (χ0n) is 12.8. The highest BCUT2D eigenvalue weighted by atomic mass is 32.1. The maximum atomic E-state index is 12.8. The van der Waals surface area contributed by atoms with Crippen molar-refractivity contribution >= 4 is 63.3 Å². The van der Waals surface area contributed by atoms with Gasteiger partial charge < -0.3 is 0 Å². The molecule has 0 saturated carbocycles. The third kappa shape index (κ3) is 1.85. The molecule has 0 atom stereocenters. The number of rotatable bonds is 0. The van der Waals surface area contributed by atoms with E-state index in [0.29, 0.717) is 0 Å².